The average Bonchev–Trinajstić information content (AvgIpc) is 3.29. The molecule has 2 aliphatic rings. The predicted octanol–water partition coefficient (Wildman–Crippen LogP) is -0.331. The highest BCUT2D eigenvalue weighted by molar-refractivity contribution is 5.74. The lowest BCUT2D eigenvalue weighted by Crippen LogP contribution is -2.43. The molecule has 1 N–H and O–H groups in total. The number of nitrogens with zero attached hydrogens (tertiary/aromatic N) is 4. The number of hydrogen-bond acceptors (Lipinski definition) is 4. The van der Waals surface area contributed by atoms with Crippen LogP contribution < -0.4 is 11.0 Å². The third kappa shape index (κ3) is 3.32. The van der Waals surface area contributed by atoms with Crippen LogP contribution >= 0.6 is 0 Å². The molecule has 2 amide bonds. The topological polar surface area (TPSA) is 81.4 Å². The Hall–Kier alpha value is -1.83. The van der Waals surface area contributed by atoms with Crippen molar-refractivity contribution in [2.45, 2.75) is 32.4 Å². The average molecular weight is 309 g/mol. The highest BCUT2D eigenvalue weighted by Crippen LogP contribution is 2.29. The Labute approximate surface area is 129 Å². The summed E-state index contributed by atoms with van der Waals surface area (Å²) in [6.45, 7) is 3.34. The summed E-state index contributed by atoms with van der Waals surface area (Å²) >= 11 is 0. The minimum absolute atomic E-state index is 0.0384. The van der Waals surface area contributed by atoms with Crippen LogP contribution in [0.4, 0.5) is 4.79 Å². The summed E-state index contributed by atoms with van der Waals surface area (Å²) in [4.78, 5) is 26.1. The van der Waals surface area contributed by atoms with Crippen LogP contribution in [0.1, 0.15) is 18.7 Å². The molecule has 1 saturated carbocycles. The van der Waals surface area contributed by atoms with Crippen molar-refractivity contribution in [1.29, 1.82) is 0 Å². The van der Waals surface area contributed by atoms with Crippen LogP contribution in [0, 0.1) is 5.92 Å². The largest absolute Gasteiger partial charge is 0.383 e. The number of amides is 2. The molecular weight excluding hydrogens is 286 g/mol. The first-order valence-electron chi connectivity index (χ1n) is 7.87. The van der Waals surface area contributed by atoms with E-state index < -0.39 is 0 Å². The standard InChI is InChI=1S/C14H23N5O3/c1-22-9-5-15-13(20)17-6-4-12-16-19(10-11-2-3-11)14(21)18(12)8-7-17/h11H,2-10H2,1H3,(H,15,20). The monoisotopic (exact) mass is 309 g/mol. The van der Waals surface area contributed by atoms with Gasteiger partial charge >= 0.3 is 11.7 Å². The van der Waals surface area contributed by atoms with E-state index in [-0.39, 0.29) is 11.7 Å². The first-order valence-corrected chi connectivity index (χ1v) is 7.87. The van der Waals surface area contributed by atoms with E-state index in [2.05, 4.69) is 10.4 Å². The van der Waals surface area contributed by atoms with Gasteiger partial charge in [0, 0.05) is 46.3 Å². The van der Waals surface area contributed by atoms with E-state index in [0.29, 0.717) is 45.1 Å². The second-order valence-electron chi connectivity index (χ2n) is 5.94. The maximum atomic E-state index is 12.3. The summed E-state index contributed by atoms with van der Waals surface area (Å²) in [6.07, 6.45) is 3.01. The summed E-state index contributed by atoms with van der Waals surface area (Å²) < 4.78 is 8.23. The van der Waals surface area contributed by atoms with Crippen molar-refractivity contribution >= 4 is 6.03 Å². The van der Waals surface area contributed by atoms with Gasteiger partial charge in [0.05, 0.1) is 6.61 Å². The Bertz CT molecular complexity index is 590. The summed E-state index contributed by atoms with van der Waals surface area (Å²) in [7, 11) is 1.60. The molecule has 0 aromatic carbocycles. The molecule has 3 rings (SSSR count). The van der Waals surface area contributed by atoms with Crippen molar-refractivity contribution in [3.05, 3.63) is 16.3 Å². The molecule has 2 heterocycles. The van der Waals surface area contributed by atoms with Crippen LogP contribution in [0.5, 0.6) is 0 Å². The van der Waals surface area contributed by atoms with E-state index in [0.717, 1.165) is 12.4 Å². The molecule has 0 radical (unpaired) electrons. The zero-order chi connectivity index (χ0) is 15.5. The molecule has 1 aliphatic carbocycles. The van der Waals surface area contributed by atoms with E-state index in [4.69, 9.17) is 4.74 Å². The Morgan fingerprint density at radius 1 is 1.36 bits per heavy atom. The molecule has 1 aromatic rings. The minimum Gasteiger partial charge on any atom is -0.383 e. The van der Waals surface area contributed by atoms with E-state index in [1.165, 1.54) is 12.8 Å². The Morgan fingerprint density at radius 2 is 2.18 bits per heavy atom. The number of carbonyl (C=O) groups excluding carboxylic acids is 1. The molecular formula is C14H23N5O3. The number of fused-ring (bicyclic) bond motifs is 1. The quantitative estimate of drug-likeness (QED) is 0.755. The van der Waals surface area contributed by atoms with E-state index in [1.807, 2.05) is 0 Å². The van der Waals surface area contributed by atoms with E-state index >= 15 is 0 Å². The van der Waals surface area contributed by atoms with Gasteiger partial charge in [0.2, 0.25) is 0 Å². The smallest absolute Gasteiger partial charge is 0.345 e. The first kappa shape index (κ1) is 15.1. The molecule has 8 heteroatoms. The molecule has 0 unspecified atom stereocenters. The number of urea groups is 1. The molecule has 0 atom stereocenters. The van der Waals surface area contributed by atoms with Gasteiger partial charge in [-0.3, -0.25) is 4.57 Å². The summed E-state index contributed by atoms with van der Waals surface area (Å²) in [5.74, 6) is 1.41. The normalized spacial score (nSPS) is 18.0. The molecule has 0 saturated heterocycles. The first-order chi connectivity index (χ1) is 10.7. The molecule has 0 bridgehead atoms. The van der Waals surface area contributed by atoms with Crippen molar-refractivity contribution in [3.63, 3.8) is 0 Å². The molecule has 1 aromatic heterocycles. The maximum absolute atomic E-state index is 12.3. The highest BCUT2D eigenvalue weighted by atomic mass is 16.5. The van der Waals surface area contributed by atoms with Crippen molar-refractivity contribution < 1.29 is 9.53 Å². The van der Waals surface area contributed by atoms with Crippen LogP contribution in [-0.2, 0) is 24.2 Å². The van der Waals surface area contributed by atoms with Crippen molar-refractivity contribution in [1.82, 2.24) is 24.6 Å². The van der Waals surface area contributed by atoms with Gasteiger partial charge in [-0.2, -0.15) is 5.10 Å². The highest BCUT2D eigenvalue weighted by Gasteiger charge is 2.26. The van der Waals surface area contributed by atoms with Crippen LogP contribution in [0.15, 0.2) is 4.79 Å². The number of hydrogen-bond donors (Lipinski definition) is 1. The Morgan fingerprint density at radius 3 is 2.91 bits per heavy atom. The predicted molar refractivity (Wildman–Crippen MR) is 79.8 cm³/mol. The van der Waals surface area contributed by atoms with Gasteiger partial charge < -0.3 is 15.0 Å². The van der Waals surface area contributed by atoms with Gasteiger partial charge in [-0.15, -0.1) is 0 Å². The number of aromatic nitrogens is 3. The molecule has 1 fully saturated rings. The molecule has 1 aliphatic heterocycles. The van der Waals surface area contributed by atoms with Crippen LogP contribution in [-0.4, -0.2) is 58.6 Å². The summed E-state index contributed by atoms with van der Waals surface area (Å²) in [5.41, 5.74) is -0.0384. The van der Waals surface area contributed by atoms with Crippen molar-refractivity contribution in [3.8, 4) is 0 Å². The van der Waals surface area contributed by atoms with Crippen molar-refractivity contribution in [2.24, 2.45) is 5.92 Å². The second-order valence-corrected chi connectivity index (χ2v) is 5.94. The lowest BCUT2D eigenvalue weighted by molar-refractivity contribution is 0.180. The summed E-state index contributed by atoms with van der Waals surface area (Å²) in [6, 6.07) is -0.110. The van der Waals surface area contributed by atoms with Crippen molar-refractivity contribution in [2.75, 3.05) is 33.4 Å². The van der Waals surface area contributed by atoms with Crippen LogP contribution in [0.25, 0.3) is 0 Å². The van der Waals surface area contributed by atoms with Gasteiger partial charge in [-0.25, -0.2) is 14.3 Å². The summed E-state index contributed by atoms with van der Waals surface area (Å²) in [5, 5.41) is 7.26. The molecule has 8 nitrogen and oxygen atoms in total. The number of nitrogens with one attached hydrogen (secondary N) is 1. The van der Waals surface area contributed by atoms with Crippen LogP contribution in [0.2, 0.25) is 0 Å². The Kier molecular flexibility index (Phi) is 4.47. The number of methoxy groups -OCH3 is 1. The lowest BCUT2D eigenvalue weighted by Gasteiger charge is -2.20. The molecule has 122 valence electrons. The Balaban J connectivity index is 1.61. The zero-order valence-corrected chi connectivity index (χ0v) is 13.0. The van der Waals surface area contributed by atoms with Gasteiger partial charge in [0.1, 0.15) is 5.82 Å². The minimum atomic E-state index is -0.110. The maximum Gasteiger partial charge on any atom is 0.345 e. The van der Waals surface area contributed by atoms with Gasteiger partial charge in [-0.05, 0) is 18.8 Å². The fraction of sp³-hybridized carbons (Fsp3) is 0.786. The fourth-order valence-electron chi connectivity index (χ4n) is 2.70. The molecule has 0 spiro atoms. The van der Waals surface area contributed by atoms with Crippen LogP contribution in [0.3, 0.4) is 0 Å². The van der Waals surface area contributed by atoms with Gasteiger partial charge in [0.15, 0.2) is 0 Å². The number of carbonyl (C=O) groups is 1. The number of ether oxygens (including phenoxy) is 1. The third-order valence-corrected chi connectivity index (χ3v) is 4.20. The number of rotatable bonds is 5. The van der Waals surface area contributed by atoms with Gasteiger partial charge in [-0.1, -0.05) is 0 Å². The SMILES string of the molecule is COCCNC(=O)N1CCc2nn(CC3CC3)c(=O)n2CC1. The second kappa shape index (κ2) is 6.51. The van der Waals surface area contributed by atoms with Gasteiger partial charge in [0.25, 0.3) is 0 Å². The van der Waals surface area contributed by atoms with E-state index in [1.54, 1.807) is 21.3 Å². The lowest BCUT2D eigenvalue weighted by atomic mass is 10.4. The zero-order valence-electron chi connectivity index (χ0n) is 13.0. The third-order valence-electron chi connectivity index (χ3n) is 4.20. The van der Waals surface area contributed by atoms with E-state index in [9.17, 15) is 9.59 Å². The molecule has 22 heavy (non-hydrogen) atoms. The fourth-order valence-corrected chi connectivity index (χ4v) is 2.70.